The average Bonchev–Trinajstić information content (AvgIpc) is 2.30. The summed E-state index contributed by atoms with van der Waals surface area (Å²) in [7, 11) is 0. The summed E-state index contributed by atoms with van der Waals surface area (Å²) in [6.07, 6.45) is -0.778. The van der Waals surface area contributed by atoms with E-state index in [1.807, 2.05) is 32.0 Å². The van der Waals surface area contributed by atoms with E-state index >= 15 is 0 Å². The van der Waals surface area contributed by atoms with Crippen LogP contribution in [0.4, 0.5) is 8.78 Å². The van der Waals surface area contributed by atoms with E-state index in [2.05, 4.69) is 0 Å². The number of aliphatic hydroxyl groups is 1. The van der Waals surface area contributed by atoms with Crippen molar-refractivity contribution in [2.45, 2.75) is 26.4 Å². The highest BCUT2D eigenvalue weighted by molar-refractivity contribution is 5.30. The van der Waals surface area contributed by atoms with Crippen molar-refractivity contribution < 1.29 is 13.9 Å². The first-order chi connectivity index (χ1) is 8.95. The van der Waals surface area contributed by atoms with Gasteiger partial charge in [0, 0.05) is 12.0 Å². The molecule has 0 aromatic heterocycles. The van der Waals surface area contributed by atoms with E-state index in [9.17, 15) is 13.9 Å². The van der Waals surface area contributed by atoms with Gasteiger partial charge in [-0.1, -0.05) is 29.3 Å². The Balaban J connectivity index is 2.25. The Morgan fingerprint density at radius 3 is 2.26 bits per heavy atom. The van der Waals surface area contributed by atoms with Gasteiger partial charge in [0.1, 0.15) is 11.6 Å². The van der Waals surface area contributed by atoms with Crippen molar-refractivity contribution in [3.8, 4) is 0 Å². The summed E-state index contributed by atoms with van der Waals surface area (Å²) in [6, 6.07) is 9.03. The summed E-state index contributed by atoms with van der Waals surface area (Å²) in [6.45, 7) is 3.93. The monoisotopic (exact) mass is 262 g/mol. The highest BCUT2D eigenvalue weighted by atomic mass is 19.1. The minimum Gasteiger partial charge on any atom is -0.388 e. The van der Waals surface area contributed by atoms with E-state index < -0.39 is 17.7 Å². The second-order valence-electron chi connectivity index (χ2n) is 4.88. The normalized spacial score (nSPS) is 12.5. The fraction of sp³-hybridized carbons (Fsp3) is 0.250. The lowest BCUT2D eigenvalue weighted by atomic mass is 9.98. The summed E-state index contributed by atoms with van der Waals surface area (Å²) in [4.78, 5) is 0. The van der Waals surface area contributed by atoms with E-state index in [-0.39, 0.29) is 12.0 Å². The molecule has 0 bridgehead atoms. The van der Waals surface area contributed by atoms with Crippen LogP contribution in [-0.2, 0) is 6.42 Å². The molecule has 0 aliphatic rings. The Labute approximate surface area is 111 Å². The van der Waals surface area contributed by atoms with Crippen LogP contribution in [0.5, 0.6) is 0 Å². The van der Waals surface area contributed by atoms with E-state index in [4.69, 9.17) is 0 Å². The molecule has 0 aliphatic carbocycles. The molecule has 0 spiro atoms. The number of benzene rings is 2. The van der Waals surface area contributed by atoms with Gasteiger partial charge in [-0.15, -0.1) is 0 Å². The fourth-order valence-corrected chi connectivity index (χ4v) is 2.29. The summed E-state index contributed by atoms with van der Waals surface area (Å²) in [5, 5.41) is 10.1. The maximum absolute atomic E-state index is 13.6. The van der Waals surface area contributed by atoms with Crippen LogP contribution in [0.2, 0.25) is 0 Å². The number of halogens is 2. The van der Waals surface area contributed by atoms with Gasteiger partial charge in [-0.3, -0.25) is 0 Å². The molecule has 100 valence electrons. The summed E-state index contributed by atoms with van der Waals surface area (Å²) in [5.74, 6) is -1.13. The minimum atomic E-state index is -1.04. The van der Waals surface area contributed by atoms with Crippen LogP contribution in [-0.4, -0.2) is 5.11 Å². The van der Waals surface area contributed by atoms with Crippen LogP contribution in [0.15, 0.2) is 36.4 Å². The number of rotatable bonds is 3. The third-order valence-corrected chi connectivity index (χ3v) is 3.03. The molecule has 1 atom stereocenters. The lowest BCUT2D eigenvalue weighted by Gasteiger charge is -2.13. The summed E-state index contributed by atoms with van der Waals surface area (Å²) >= 11 is 0. The van der Waals surface area contributed by atoms with Crippen molar-refractivity contribution in [3.05, 3.63) is 70.3 Å². The molecule has 2 rings (SSSR count). The first kappa shape index (κ1) is 13.7. The van der Waals surface area contributed by atoms with Crippen molar-refractivity contribution in [2.24, 2.45) is 0 Å². The predicted octanol–water partition coefficient (Wildman–Crippen LogP) is 3.86. The maximum Gasteiger partial charge on any atom is 0.129 e. The molecule has 0 aliphatic heterocycles. The number of hydrogen-bond donors (Lipinski definition) is 1. The highest BCUT2D eigenvalue weighted by Crippen LogP contribution is 2.23. The summed E-state index contributed by atoms with van der Waals surface area (Å²) in [5.41, 5.74) is 3.08. The molecule has 0 fully saturated rings. The second kappa shape index (κ2) is 5.49. The van der Waals surface area contributed by atoms with E-state index in [0.717, 1.165) is 34.9 Å². The Hall–Kier alpha value is -1.74. The highest BCUT2D eigenvalue weighted by Gasteiger charge is 2.14. The zero-order valence-corrected chi connectivity index (χ0v) is 11.0. The first-order valence-electron chi connectivity index (χ1n) is 6.16. The molecule has 1 nitrogen and oxygen atoms in total. The van der Waals surface area contributed by atoms with Gasteiger partial charge in [-0.05, 0) is 37.6 Å². The van der Waals surface area contributed by atoms with Gasteiger partial charge < -0.3 is 5.11 Å². The number of aliphatic hydroxyl groups excluding tert-OH is 1. The van der Waals surface area contributed by atoms with Crippen molar-refractivity contribution >= 4 is 0 Å². The van der Waals surface area contributed by atoms with Gasteiger partial charge >= 0.3 is 0 Å². The third kappa shape index (κ3) is 3.38. The maximum atomic E-state index is 13.6. The molecule has 1 N–H and O–H groups in total. The molecule has 1 unspecified atom stereocenters. The van der Waals surface area contributed by atoms with Crippen LogP contribution in [0.1, 0.15) is 28.4 Å². The van der Waals surface area contributed by atoms with Crippen LogP contribution in [0, 0.1) is 25.5 Å². The van der Waals surface area contributed by atoms with Crippen molar-refractivity contribution in [1.82, 2.24) is 0 Å². The number of hydrogen-bond acceptors (Lipinski definition) is 1. The molecule has 0 amide bonds. The van der Waals surface area contributed by atoms with Crippen molar-refractivity contribution in [2.75, 3.05) is 0 Å². The van der Waals surface area contributed by atoms with Gasteiger partial charge in [0.2, 0.25) is 0 Å². The van der Waals surface area contributed by atoms with Gasteiger partial charge in [0.05, 0.1) is 6.10 Å². The average molecular weight is 262 g/mol. The molecule has 0 saturated heterocycles. The molecule has 0 heterocycles. The smallest absolute Gasteiger partial charge is 0.129 e. The Morgan fingerprint density at radius 1 is 1.00 bits per heavy atom. The Morgan fingerprint density at radius 2 is 1.63 bits per heavy atom. The SMILES string of the molecule is Cc1cc(C)cc(CC(O)c2cc(F)ccc2F)c1. The van der Waals surface area contributed by atoms with Gasteiger partial charge in [-0.2, -0.15) is 0 Å². The zero-order valence-electron chi connectivity index (χ0n) is 11.0. The number of aryl methyl sites for hydroxylation is 2. The fourth-order valence-electron chi connectivity index (χ4n) is 2.29. The topological polar surface area (TPSA) is 20.2 Å². The molecular formula is C16H16F2O. The molecule has 19 heavy (non-hydrogen) atoms. The lowest BCUT2D eigenvalue weighted by Crippen LogP contribution is -2.05. The molecule has 2 aromatic rings. The van der Waals surface area contributed by atoms with E-state index in [1.54, 1.807) is 0 Å². The van der Waals surface area contributed by atoms with Crippen LogP contribution >= 0.6 is 0 Å². The summed E-state index contributed by atoms with van der Waals surface area (Å²) < 4.78 is 26.7. The standard InChI is InChI=1S/C16H16F2O/c1-10-5-11(2)7-12(6-10)8-16(19)14-9-13(17)3-4-15(14)18/h3-7,9,16,19H,8H2,1-2H3. The molecule has 0 saturated carbocycles. The largest absolute Gasteiger partial charge is 0.388 e. The molecule has 3 heteroatoms. The van der Waals surface area contributed by atoms with E-state index in [1.165, 1.54) is 0 Å². The van der Waals surface area contributed by atoms with Gasteiger partial charge in [0.15, 0.2) is 0 Å². The third-order valence-electron chi connectivity index (χ3n) is 3.03. The van der Waals surface area contributed by atoms with E-state index in [0.29, 0.717) is 0 Å². The van der Waals surface area contributed by atoms with Crippen LogP contribution in [0.3, 0.4) is 0 Å². The molecular weight excluding hydrogens is 246 g/mol. The van der Waals surface area contributed by atoms with Crippen LogP contribution in [0.25, 0.3) is 0 Å². The molecule has 2 aromatic carbocycles. The van der Waals surface area contributed by atoms with Crippen molar-refractivity contribution in [1.29, 1.82) is 0 Å². The molecule has 0 radical (unpaired) electrons. The zero-order chi connectivity index (χ0) is 14.0. The van der Waals surface area contributed by atoms with Crippen molar-refractivity contribution in [3.63, 3.8) is 0 Å². The van der Waals surface area contributed by atoms with Crippen LogP contribution < -0.4 is 0 Å². The first-order valence-corrected chi connectivity index (χ1v) is 6.16. The quantitative estimate of drug-likeness (QED) is 0.890. The Kier molecular flexibility index (Phi) is 3.96. The predicted molar refractivity (Wildman–Crippen MR) is 70.9 cm³/mol. The minimum absolute atomic E-state index is 0.000779. The Bertz CT molecular complexity index is 573. The van der Waals surface area contributed by atoms with Gasteiger partial charge in [0.25, 0.3) is 0 Å². The second-order valence-corrected chi connectivity index (χ2v) is 4.88. The lowest BCUT2D eigenvalue weighted by molar-refractivity contribution is 0.173. The van der Waals surface area contributed by atoms with Gasteiger partial charge in [-0.25, -0.2) is 8.78 Å².